The van der Waals surface area contributed by atoms with Gasteiger partial charge in [0.15, 0.2) is 0 Å². The number of likely N-dealkylation sites (tertiary alicyclic amines) is 1. The summed E-state index contributed by atoms with van der Waals surface area (Å²) in [5.74, 6) is 3.21. The topological polar surface area (TPSA) is 45.8 Å². The third-order valence-electron chi connectivity index (χ3n) is 5.02. The summed E-state index contributed by atoms with van der Waals surface area (Å²) < 4.78 is 11.6. The number of hydrogen-bond donors (Lipinski definition) is 1. The quantitative estimate of drug-likeness (QED) is 0.946. The van der Waals surface area contributed by atoms with Gasteiger partial charge in [0.05, 0.1) is 19.8 Å². The Morgan fingerprint density at radius 2 is 2.14 bits per heavy atom. The molecule has 0 saturated carbocycles. The summed E-state index contributed by atoms with van der Waals surface area (Å²) in [4.78, 5) is 2.37. The first-order valence-corrected chi connectivity index (χ1v) is 7.80. The van der Waals surface area contributed by atoms with Crippen LogP contribution in [0.1, 0.15) is 23.0 Å². The van der Waals surface area contributed by atoms with Gasteiger partial charge in [0.2, 0.25) is 0 Å². The largest absolute Gasteiger partial charge is 0.493 e. The maximum atomic E-state index is 10.0. The summed E-state index contributed by atoms with van der Waals surface area (Å²) in [7, 11) is 0. The van der Waals surface area contributed by atoms with Crippen molar-refractivity contribution in [3.63, 3.8) is 0 Å². The van der Waals surface area contributed by atoms with Gasteiger partial charge in [0.25, 0.3) is 0 Å². The van der Waals surface area contributed by atoms with Crippen molar-refractivity contribution < 1.29 is 14.3 Å². The van der Waals surface area contributed by atoms with Crippen molar-refractivity contribution in [2.24, 2.45) is 5.41 Å². The number of benzene rings is 1. The van der Waals surface area contributed by atoms with Crippen LogP contribution in [-0.2, 0) is 6.54 Å². The lowest BCUT2D eigenvalue weighted by atomic mass is 9.74. The van der Waals surface area contributed by atoms with Crippen LogP contribution in [0.15, 0.2) is 40.8 Å². The van der Waals surface area contributed by atoms with E-state index in [1.807, 2.05) is 37.3 Å². The minimum atomic E-state index is -0.198. The Morgan fingerprint density at radius 3 is 2.91 bits per heavy atom. The third kappa shape index (κ3) is 2.14. The van der Waals surface area contributed by atoms with Crippen molar-refractivity contribution in [2.45, 2.75) is 19.4 Å². The van der Waals surface area contributed by atoms with E-state index in [0.717, 1.165) is 36.9 Å². The second-order valence-corrected chi connectivity index (χ2v) is 6.58. The van der Waals surface area contributed by atoms with Crippen molar-refractivity contribution >= 4 is 0 Å². The highest BCUT2D eigenvalue weighted by molar-refractivity contribution is 5.41. The van der Waals surface area contributed by atoms with E-state index in [4.69, 9.17) is 9.15 Å². The number of furan rings is 1. The molecule has 0 radical (unpaired) electrons. The Hall–Kier alpha value is -1.78. The summed E-state index contributed by atoms with van der Waals surface area (Å²) in [6.45, 7) is 5.25. The van der Waals surface area contributed by atoms with Gasteiger partial charge in [0, 0.05) is 24.4 Å². The summed E-state index contributed by atoms with van der Waals surface area (Å²) in [5.41, 5.74) is 1.02. The molecule has 116 valence electrons. The number of ether oxygens (including phenoxy) is 1. The first-order valence-electron chi connectivity index (χ1n) is 7.80. The molecule has 1 fully saturated rings. The molecule has 0 bridgehead atoms. The maximum Gasteiger partial charge on any atom is 0.122 e. The number of nitrogens with zero attached hydrogens (tertiary/aromatic N) is 1. The lowest BCUT2D eigenvalue weighted by Gasteiger charge is -2.38. The fraction of sp³-hybridized carbons (Fsp3) is 0.444. The zero-order valence-electron chi connectivity index (χ0n) is 12.8. The Labute approximate surface area is 130 Å². The highest BCUT2D eigenvalue weighted by Gasteiger charge is 2.50. The molecule has 0 amide bonds. The van der Waals surface area contributed by atoms with Gasteiger partial charge in [-0.25, -0.2) is 0 Å². The number of fused-ring (bicyclic) bond motifs is 3. The molecule has 3 heterocycles. The monoisotopic (exact) mass is 299 g/mol. The Bertz CT molecular complexity index is 680. The molecule has 0 unspecified atom stereocenters. The minimum absolute atomic E-state index is 0.152. The molecular weight excluding hydrogens is 278 g/mol. The van der Waals surface area contributed by atoms with E-state index in [-0.39, 0.29) is 12.0 Å². The zero-order chi connectivity index (χ0) is 15.2. The van der Waals surface area contributed by atoms with Crippen LogP contribution in [0.4, 0.5) is 0 Å². The predicted molar refractivity (Wildman–Crippen MR) is 82.9 cm³/mol. The highest BCUT2D eigenvalue weighted by atomic mass is 16.5. The number of aryl methyl sites for hydroxylation is 1. The van der Waals surface area contributed by atoms with Crippen LogP contribution >= 0.6 is 0 Å². The van der Waals surface area contributed by atoms with Crippen molar-refractivity contribution in [2.75, 3.05) is 26.3 Å². The molecule has 2 aliphatic heterocycles. The molecule has 1 aromatic carbocycles. The van der Waals surface area contributed by atoms with Crippen molar-refractivity contribution in [1.29, 1.82) is 0 Å². The van der Waals surface area contributed by atoms with Crippen LogP contribution in [0.2, 0.25) is 0 Å². The lowest BCUT2D eigenvalue weighted by Crippen LogP contribution is -2.42. The molecular formula is C18H21NO3. The Morgan fingerprint density at radius 1 is 1.27 bits per heavy atom. The smallest absolute Gasteiger partial charge is 0.122 e. The lowest BCUT2D eigenvalue weighted by molar-refractivity contribution is 0.0453. The van der Waals surface area contributed by atoms with E-state index in [1.165, 1.54) is 5.56 Å². The maximum absolute atomic E-state index is 10.0. The molecule has 0 spiro atoms. The van der Waals surface area contributed by atoms with Crippen LogP contribution < -0.4 is 4.74 Å². The van der Waals surface area contributed by atoms with Crippen LogP contribution in [0.5, 0.6) is 5.75 Å². The minimum Gasteiger partial charge on any atom is -0.493 e. The van der Waals surface area contributed by atoms with E-state index in [2.05, 4.69) is 11.0 Å². The van der Waals surface area contributed by atoms with Crippen LogP contribution in [0, 0.1) is 12.3 Å². The summed E-state index contributed by atoms with van der Waals surface area (Å²) in [6, 6.07) is 12.2. The number of rotatable bonds is 3. The van der Waals surface area contributed by atoms with Crippen molar-refractivity contribution in [3.05, 3.63) is 53.5 Å². The molecule has 22 heavy (non-hydrogen) atoms. The Balaban J connectivity index is 1.61. The standard InChI is InChI=1S/C18H21NO3/c1-13-6-7-14(22-13)8-19-9-16-15-4-2-3-5-17(15)21-12-18(16,10-19)11-20/h2-7,16,20H,8-12H2,1H3/t16-,18-/m1/s1. The van der Waals surface area contributed by atoms with Crippen molar-refractivity contribution in [3.8, 4) is 5.75 Å². The zero-order valence-corrected chi connectivity index (χ0v) is 12.8. The number of para-hydroxylation sites is 1. The fourth-order valence-electron chi connectivity index (χ4n) is 3.88. The van der Waals surface area contributed by atoms with Gasteiger partial charge < -0.3 is 14.3 Å². The van der Waals surface area contributed by atoms with E-state index >= 15 is 0 Å². The normalized spacial score (nSPS) is 27.3. The first kappa shape index (κ1) is 13.9. The third-order valence-corrected chi connectivity index (χ3v) is 5.02. The molecule has 1 saturated heterocycles. The molecule has 2 atom stereocenters. The molecule has 1 aromatic heterocycles. The fourth-order valence-corrected chi connectivity index (χ4v) is 3.88. The summed E-state index contributed by atoms with van der Waals surface area (Å²) in [5, 5.41) is 10.0. The van der Waals surface area contributed by atoms with Crippen molar-refractivity contribution in [1.82, 2.24) is 4.90 Å². The second-order valence-electron chi connectivity index (χ2n) is 6.58. The van der Waals surface area contributed by atoms with Crippen LogP contribution in [0.25, 0.3) is 0 Å². The second kappa shape index (κ2) is 5.14. The van der Waals surface area contributed by atoms with Gasteiger partial charge in [0.1, 0.15) is 17.3 Å². The van der Waals surface area contributed by atoms with Crippen LogP contribution in [0.3, 0.4) is 0 Å². The number of hydrogen-bond acceptors (Lipinski definition) is 4. The molecule has 2 aromatic rings. The highest BCUT2D eigenvalue weighted by Crippen LogP contribution is 2.49. The van der Waals surface area contributed by atoms with E-state index in [1.54, 1.807) is 0 Å². The van der Waals surface area contributed by atoms with Gasteiger partial charge in [-0.1, -0.05) is 18.2 Å². The van der Waals surface area contributed by atoms with E-state index in [0.29, 0.717) is 12.5 Å². The SMILES string of the molecule is Cc1ccc(CN2C[C@@H]3c4ccccc4OC[C@]3(CO)C2)o1. The average Bonchev–Trinajstić information content (AvgIpc) is 3.11. The Kier molecular flexibility index (Phi) is 3.24. The molecule has 0 aliphatic carbocycles. The molecule has 4 heteroatoms. The average molecular weight is 299 g/mol. The first-order chi connectivity index (χ1) is 10.7. The van der Waals surface area contributed by atoms with Gasteiger partial charge >= 0.3 is 0 Å². The van der Waals surface area contributed by atoms with E-state index in [9.17, 15) is 5.11 Å². The molecule has 4 nitrogen and oxygen atoms in total. The van der Waals surface area contributed by atoms with Crippen LogP contribution in [-0.4, -0.2) is 36.3 Å². The summed E-state index contributed by atoms with van der Waals surface area (Å²) >= 11 is 0. The number of aliphatic hydroxyl groups excluding tert-OH is 1. The summed E-state index contributed by atoms with van der Waals surface area (Å²) in [6.07, 6.45) is 0. The predicted octanol–water partition coefficient (Wildman–Crippen LogP) is 2.56. The van der Waals surface area contributed by atoms with Gasteiger partial charge in [-0.05, 0) is 30.7 Å². The van der Waals surface area contributed by atoms with Gasteiger partial charge in [-0.2, -0.15) is 0 Å². The number of aliphatic hydroxyl groups is 1. The molecule has 4 rings (SSSR count). The van der Waals surface area contributed by atoms with Gasteiger partial charge in [-0.15, -0.1) is 0 Å². The molecule has 2 aliphatic rings. The van der Waals surface area contributed by atoms with E-state index < -0.39 is 0 Å². The van der Waals surface area contributed by atoms with Gasteiger partial charge in [-0.3, -0.25) is 4.90 Å². The molecule has 1 N–H and O–H groups in total.